The zero-order chi connectivity index (χ0) is 11.6. The largest absolute Gasteiger partial charge is 0.487 e. The first-order valence-electron chi connectivity index (χ1n) is 6.14. The fourth-order valence-electron chi connectivity index (χ4n) is 2.44. The van der Waals surface area contributed by atoms with Gasteiger partial charge in [0.05, 0.1) is 0 Å². The molecule has 1 saturated carbocycles. The van der Waals surface area contributed by atoms with E-state index in [9.17, 15) is 0 Å². The Morgan fingerprint density at radius 1 is 1.25 bits per heavy atom. The normalized spacial score (nSPS) is 20.7. The molecule has 0 amide bonds. The summed E-state index contributed by atoms with van der Waals surface area (Å²) in [4.78, 5) is 0. The zero-order valence-corrected chi connectivity index (χ0v) is 10.2. The molecule has 1 aliphatic carbocycles. The molecular weight excluding hydrogens is 198 g/mol. The maximum atomic E-state index is 6.18. The molecule has 0 aliphatic heterocycles. The van der Waals surface area contributed by atoms with Gasteiger partial charge in [0.1, 0.15) is 11.4 Å². The summed E-state index contributed by atoms with van der Waals surface area (Å²) in [6.07, 6.45) is 4.86. The van der Waals surface area contributed by atoms with Gasteiger partial charge in [-0.25, -0.2) is 0 Å². The third kappa shape index (κ3) is 2.38. The molecule has 2 heteroatoms. The van der Waals surface area contributed by atoms with Crippen LogP contribution in [-0.2, 0) is 0 Å². The van der Waals surface area contributed by atoms with Crippen molar-refractivity contribution < 1.29 is 4.74 Å². The highest BCUT2D eigenvalue weighted by Crippen LogP contribution is 2.36. The minimum absolute atomic E-state index is 0.0188. The Bertz CT molecular complexity index is 354. The Morgan fingerprint density at radius 2 is 1.88 bits per heavy atom. The van der Waals surface area contributed by atoms with Crippen molar-refractivity contribution in [3.05, 3.63) is 29.8 Å². The van der Waals surface area contributed by atoms with E-state index in [1.54, 1.807) is 0 Å². The van der Waals surface area contributed by atoms with E-state index in [1.165, 1.54) is 12.8 Å². The van der Waals surface area contributed by atoms with E-state index in [2.05, 4.69) is 13.0 Å². The van der Waals surface area contributed by atoms with Gasteiger partial charge in [-0.1, -0.05) is 18.2 Å². The first-order chi connectivity index (χ1) is 7.61. The minimum atomic E-state index is 0.0188. The van der Waals surface area contributed by atoms with Gasteiger partial charge in [-0.3, -0.25) is 0 Å². The van der Waals surface area contributed by atoms with E-state index < -0.39 is 0 Å². The Morgan fingerprint density at radius 3 is 2.50 bits per heavy atom. The third-order valence-corrected chi connectivity index (χ3v) is 3.43. The molecule has 2 nitrogen and oxygen atoms in total. The predicted octanol–water partition coefficient (Wildman–Crippen LogP) is 3.42. The van der Waals surface area contributed by atoms with Crippen LogP contribution in [0.3, 0.4) is 0 Å². The molecule has 0 saturated heterocycles. The van der Waals surface area contributed by atoms with Gasteiger partial charge in [0.15, 0.2) is 0 Å². The highest BCUT2D eigenvalue weighted by molar-refractivity contribution is 5.36. The minimum Gasteiger partial charge on any atom is -0.487 e. The lowest BCUT2D eigenvalue weighted by molar-refractivity contribution is 0.0951. The fourth-order valence-corrected chi connectivity index (χ4v) is 2.44. The van der Waals surface area contributed by atoms with Crippen molar-refractivity contribution in [2.75, 3.05) is 0 Å². The first-order valence-corrected chi connectivity index (χ1v) is 6.14. The van der Waals surface area contributed by atoms with Crippen molar-refractivity contribution in [2.45, 2.75) is 51.2 Å². The van der Waals surface area contributed by atoms with E-state index >= 15 is 0 Å². The maximum absolute atomic E-state index is 6.18. The second kappa shape index (κ2) is 4.46. The number of benzene rings is 1. The SMILES string of the molecule is CC(N)c1ccccc1OC1(C)CCCC1. The lowest BCUT2D eigenvalue weighted by atomic mass is 10.0. The quantitative estimate of drug-likeness (QED) is 0.845. The van der Waals surface area contributed by atoms with Gasteiger partial charge < -0.3 is 10.5 Å². The Hall–Kier alpha value is -1.02. The summed E-state index contributed by atoms with van der Waals surface area (Å²) in [5.41, 5.74) is 7.08. The van der Waals surface area contributed by atoms with Gasteiger partial charge in [-0.05, 0) is 45.6 Å². The molecule has 88 valence electrons. The molecule has 0 bridgehead atoms. The van der Waals surface area contributed by atoms with E-state index in [-0.39, 0.29) is 11.6 Å². The zero-order valence-electron chi connectivity index (χ0n) is 10.2. The van der Waals surface area contributed by atoms with Crippen molar-refractivity contribution in [3.63, 3.8) is 0 Å². The molecule has 1 atom stereocenters. The van der Waals surface area contributed by atoms with Crippen LogP contribution in [0.2, 0.25) is 0 Å². The average Bonchev–Trinajstić information content (AvgIpc) is 2.65. The number of rotatable bonds is 3. The van der Waals surface area contributed by atoms with Gasteiger partial charge in [0, 0.05) is 11.6 Å². The molecule has 0 heterocycles. The second-order valence-corrected chi connectivity index (χ2v) is 5.09. The van der Waals surface area contributed by atoms with E-state index in [0.717, 1.165) is 24.2 Å². The molecule has 1 aliphatic rings. The molecular formula is C14H21NO. The average molecular weight is 219 g/mol. The van der Waals surface area contributed by atoms with E-state index in [1.807, 2.05) is 25.1 Å². The van der Waals surface area contributed by atoms with Crippen molar-refractivity contribution >= 4 is 0 Å². The predicted molar refractivity (Wildman–Crippen MR) is 66.5 cm³/mol. The number of nitrogens with two attached hydrogens (primary N) is 1. The fraction of sp³-hybridized carbons (Fsp3) is 0.571. The van der Waals surface area contributed by atoms with E-state index in [0.29, 0.717) is 0 Å². The van der Waals surface area contributed by atoms with Crippen molar-refractivity contribution in [3.8, 4) is 5.75 Å². The van der Waals surface area contributed by atoms with Crippen molar-refractivity contribution in [1.82, 2.24) is 0 Å². The Balaban J connectivity index is 2.20. The summed E-state index contributed by atoms with van der Waals surface area (Å²) in [5, 5.41) is 0. The Kier molecular flexibility index (Phi) is 3.20. The van der Waals surface area contributed by atoms with Gasteiger partial charge in [0.2, 0.25) is 0 Å². The molecule has 2 rings (SSSR count). The van der Waals surface area contributed by atoms with Crippen LogP contribution in [-0.4, -0.2) is 5.60 Å². The lowest BCUT2D eigenvalue weighted by Crippen LogP contribution is -2.28. The summed E-state index contributed by atoms with van der Waals surface area (Å²) in [7, 11) is 0. The first kappa shape index (κ1) is 11.5. The molecule has 0 spiro atoms. The van der Waals surface area contributed by atoms with E-state index in [4.69, 9.17) is 10.5 Å². The molecule has 16 heavy (non-hydrogen) atoms. The van der Waals surface area contributed by atoms with Gasteiger partial charge in [0.25, 0.3) is 0 Å². The van der Waals surface area contributed by atoms with Crippen LogP contribution in [0.15, 0.2) is 24.3 Å². The summed E-state index contributed by atoms with van der Waals surface area (Å²) < 4.78 is 6.18. The number of ether oxygens (including phenoxy) is 1. The summed E-state index contributed by atoms with van der Waals surface area (Å²) in [5.74, 6) is 0.960. The van der Waals surface area contributed by atoms with Gasteiger partial charge in [-0.15, -0.1) is 0 Å². The van der Waals surface area contributed by atoms with Crippen LogP contribution in [0, 0.1) is 0 Å². The third-order valence-electron chi connectivity index (χ3n) is 3.43. The van der Waals surface area contributed by atoms with Gasteiger partial charge in [-0.2, -0.15) is 0 Å². The lowest BCUT2D eigenvalue weighted by Gasteiger charge is -2.27. The summed E-state index contributed by atoms with van der Waals surface area (Å²) in [6.45, 7) is 4.21. The second-order valence-electron chi connectivity index (χ2n) is 5.09. The van der Waals surface area contributed by atoms with Crippen molar-refractivity contribution in [1.29, 1.82) is 0 Å². The smallest absolute Gasteiger partial charge is 0.124 e. The van der Waals surface area contributed by atoms with Crippen LogP contribution >= 0.6 is 0 Å². The van der Waals surface area contributed by atoms with Gasteiger partial charge >= 0.3 is 0 Å². The molecule has 1 fully saturated rings. The summed E-state index contributed by atoms with van der Waals surface area (Å²) >= 11 is 0. The van der Waals surface area contributed by atoms with Crippen LogP contribution < -0.4 is 10.5 Å². The van der Waals surface area contributed by atoms with Crippen LogP contribution in [0.5, 0.6) is 5.75 Å². The molecule has 1 unspecified atom stereocenters. The standard InChI is InChI=1S/C14H21NO/c1-11(15)12-7-3-4-8-13(12)16-14(2)9-5-6-10-14/h3-4,7-8,11H,5-6,9-10,15H2,1-2H3. The molecule has 0 radical (unpaired) electrons. The number of para-hydroxylation sites is 1. The van der Waals surface area contributed by atoms with Crippen LogP contribution in [0.25, 0.3) is 0 Å². The maximum Gasteiger partial charge on any atom is 0.124 e. The number of hydrogen-bond acceptors (Lipinski definition) is 2. The monoisotopic (exact) mass is 219 g/mol. The highest BCUT2D eigenvalue weighted by atomic mass is 16.5. The molecule has 0 aromatic heterocycles. The molecule has 2 N–H and O–H groups in total. The summed E-state index contributed by atoms with van der Waals surface area (Å²) in [6, 6.07) is 8.14. The van der Waals surface area contributed by atoms with Crippen LogP contribution in [0.1, 0.15) is 51.1 Å². The Labute approximate surface area is 97.8 Å². The topological polar surface area (TPSA) is 35.2 Å². The van der Waals surface area contributed by atoms with Crippen molar-refractivity contribution in [2.24, 2.45) is 5.73 Å². The molecule has 1 aromatic rings. The molecule has 1 aromatic carbocycles. The van der Waals surface area contributed by atoms with Crippen LogP contribution in [0.4, 0.5) is 0 Å². The highest BCUT2D eigenvalue weighted by Gasteiger charge is 2.31. The number of hydrogen-bond donors (Lipinski definition) is 1.